The molecule has 0 N–H and O–H groups in total. The summed E-state index contributed by atoms with van der Waals surface area (Å²) in [6.45, 7) is 0.178. The smallest absolute Gasteiger partial charge is 0.231 e. The highest BCUT2D eigenvalue weighted by Gasteiger charge is 2.15. The first kappa shape index (κ1) is 13.4. The molecule has 1 aromatic carbocycles. The number of carbonyl (C=O) groups is 1. The first-order chi connectivity index (χ1) is 9.63. The standard InChI is InChI=1S/C13H7Cl2NO3S/c14-12-11(20-13(15)16-12)4-2-8(17)7-1-3-9-10(5-7)19-6-18-9/h1-5H,6H2/b4-2+. The van der Waals surface area contributed by atoms with Gasteiger partial charge in [0.25, 0.3) is 0 Å². The zero-order chi connectivity index (χ0) is 14.1. The Morgan fingerprint density at radius 1 is 1.30 bits per heavy atom. The van der Waals surface area contributed by atoms with Crippen LogP contribution in [0.5, 0.6) is 11.5 Å². The van der Waals surface area contributed by atoms with E-state index in [2.05, 4.69) is 4.98 Å². The maximum atomic E-state index is 12.1. The van der Waals surface area contributed by atoms with Crippen LogP contribution in [0.4, 0.5) is 0 Å². The molecule has 1 aromatic heterocycles. The third-order valence-corrected chi connectivity index (χ3v) is 4.15. The summed E-state index contributed by atoms with van der Waals surface area (Å²) in [5.41, 5.74) is 0.511. The van der Waals surface area contributed by atoms with Gasteiger partial charge < -0.3 is 9.47 Å². The highest BCUT2D eigenvalue weighted by molar-refractivity contribution is 7.17. The van der Waals surface area contributed by atoms with Gasteiger partial charge in [-0.15, -0.1) is 11.3 Å². The number of ether oxygens (including phenoxy) is 2. The van der Waals surface area contributed by atoms with Gasteiger partial charge in [0.15, 0.2) is 21.7 Å². The monoisotopic (exact) mass is 327 g/mol. The van der Waals surface area contributed by atoms with E-state index in [0.29, 0.717) is 26.4 Å². The number of fused-ring (bicyclic) bond motifs is 1. The van der Waals surface area contributed by atoms with Crippen LogP contribution in [-0.2, 0) is 0 Å². The molecule has 0 bridgehead atoms. The van der Waals surface area contributed by atoms with E-state index in [1.807, 2.05) is 0 Å². The summed E-state index contributed by atoms with van der Waals surface area (Å²) in [6.07, 6.45) is 3.02. The largest absolute Gasteiger partial charge is 0.454 e. The number of hydrogen-bond acceptors (Lipinski definition) is 5. The van der Waals surface area contributed by atoms with Crippen molar-refractivity contribution >= 4 is 46.4 Å². The van der Waals surface area contributed by atoms with Crippen LogP contribution in [-0.4, -0.2) is 17.6 Å². The molecule has 2 aromatic rings. The topological polar surface area (TPSA) is 48.4 Å². The Balaban J connectivity index is 1.81. The molecule has 0 spiro atoms. The number of nitrogens with zero attached hydrogens (tertiary/aromatic N) is 1. The van der Waals surface area contributed by atoms with E-state index >= 15 is 0 Å². The third kappa shape index (κ3) is 2.65. The minimum atomic E-state index is -0.163. The molecule has 0 fully saturated rings. The molecule has 0 saturated heterocycles. The quantitative estimate of drug-likeness (QED) is 0.629. The first-order valence-corrected chi connectivity index (χ1v) is 7.14. The van der Waals surface area contributed by atoms with Gasteiger partial charge in [0, 0.05) is 5.56 Å². The molecule has 0 atom stereocenters. The number of ketones is 1. The maximum Gasteiger partial charge on any atom is 0.231 e. The Labute approximate surface area is 128 Å². The molecule has 3 rings (SSSR count). The number of benzene rings is 1. The van der Waals surface area contributed by atoms with Crippen molar-refractivity contribution in [3.63, 3.8) is 0 Å². The molecule has 0 unspecified atom stereocenters. The molecule has 0 saturated carbocycles. The van der Waals surface area contributed by atoms with Crippen molar-refractivity contribution in [3.8, 4) is 11.5 Å². The fourth-order valence-corrected chi connectivity index (χ4v) is 2.96. The van der Waals surface area contributed by atoms with Gasteiger partial charge in [-0.3, -0.25) is 4.79 Å². The van der Waals surface area contributed by atoms with E-state index in [0.717, 1.165) is 0 Å². The van der Waals surface area contributed by atoms with Gasteiger partial charge in [-0.25, -0.2) is 4.98 Å². The van der Waals surface area contributed by atoms with Gasteiger partial charge in [0.05, 0.1) is 4.88 Å². The van der Waals surface area contributed by atoms with Gasteiger partial charge >= 0.3 is 0 Å². The highest BCUT2D eigenvalue weighted by atomic mass is 35.5. The number of thiazole rings is 1. The minimum Gasteiger partial charge on any atom is -0.454 e. The molecule has 20 heavy (non-hydrogen) atoms. The fourth-order valence-electron chi connectivity index (χ4n) is 1.69. The van der Waals surface area contributed by atoms with Crippen LogP contribution in [0.15, 0.2) is 24.3 Å². The number of rotatable bonds is 3. The second-order valence-corrected chi connectivity index (χ2v) is 5.86. The van der Waals surface area contributed by atoms with Crippen LogP contribution < -0.4 is 9.47 Å². The van der Waals surface area contributed by atoms with Crippen LogP contribution in [0, 0.1) is 0 Å². The Bertz CT molecular complexity index is 712. The lowest BCUT2D eigenvalue weighted by Crippen LogP contribution is -1.94. The lowest BCUT2D eigenvalue weighted by molar-refractivity contribution is 0.104. The Hall–Kier alpha value is -1.56. The number of carbonyl (C=O) groups excluding carboxylic acids is 1. The van der Waals surface area contributed by atoms with Gasteiger partial charge in [0.2, 0.25) is 6.79 Å². The summed E-state index contributed by atoms with van der Waals surface area (Å²) in [7, 11) is 0. The maximum absolute atomic E-state index is 12.1. The lowest BCUT2D eigenvalue weighted by Gasteiger charge is -1.98. The van der Waals surface area contributed by atoms with Crippen LogP contribution >= 0.6 is 34.5 Å². The zero-order valence-electron chi connectivity index (χ0n) is 9.93. The Morgan fingerprint density at radius 2 is 2.10 bits per heavy atom. The number of halogens is 2. The summed E-state index contributed by atoms with van der Waals surface area (Å²) in [5.74, 6) is 1.05. The van der Waals surface area contributed by atoms with E-state index < -0.39 is 0 Å². The van der Waals surface area contributed by atoms with E-state index in [1.165, 1.54) is 17.4 Å². The molecule has 0 amide bonds. The summed E-state index contributed by atoms with van der Waals surface area (Å²) >= 11 is 12.8. The molecular weight excluding hydrogens is 321 g/mol. The second kappa shape index (κ2) is 5.44. The predicted octanol–water partition coefficient (Wildman–Crippen LogP) is 4.07. The minimum absolute atomic E-state index is 0.163. The molecule has 102 valence electrons. The van der Waals surface area contributed by atoms with Crippen LogP contribution in [0.1, 0.15) is 15.2 Å². The van der Waals surface area contributed by atoms with E-state index in [1.54, 1.807) is 24.3 Å². The van der Waals surface area contributed by atoms with Crippen molar-refractivity contribution in [2.45, 2.75) is 0 Å². The third-order valence-electron chi connectivity index (χ3n) is 2.63. The van der Waals surface area contributed by atoms with Crippen molar-refractivity contribution < 1.29 is 14.3 Å². The summed E-state index contributed by atoms with van der Waals surface area (Å²) in [5, 5.41) is 0.287. The molecule has 1 aliphatic heterocycles. The van der Waals surface area contributed by atoms with E-state index in [-0.39, 0.29) is 17.7 Å². The summed E-state index contributed by atoms with van der Waals surface area (Å²) in [6, 6.07) is 5.04. The first-order valence-electron chi connectivity index (χ1n) is 5.57. The SMILES string of the molecule is O=C(/C=C/c1sc(Cl)nc1Cl)c1ccc2c(c1)OCO2. The van der Waals surface area contributed by atoms with E-state index in [4.69, 9.17) is 32.7 Å². The average molecular weight is 328 g/mol. The van der Waals surface area contributed by atoms with Gasteiger partial charge in [-0.05, 0) is 30.4 Å². The number of aromatic nitrogens is 1. The number of allylic oxidation sites excluding steroid dienone is 1. The molecule has 0 aliphatic carbocycles. The van der Waals surface area contributed by atoms with Crippen LogP contribution in [0.2, 0.25) is 9.62 Å². The van der Waals surface area contributed by atoms with Crippen molar-refractivity contribution in [2.75, 3.05) is 6.79 Å². The van der Waals surface area contributed by atoms with Crippen LogP contribution in [0.25, 0.3) is 6.08 Å². The van der Waals surface area contributed by atoms with Crippen molar-refractivity contribution in [1.82, 2.24) is 4.98 Å². The van der Waals surface area contributed by atoms with Gasteiger partial charge in [-0.1, -0.05) is 23.2 Å². The summed E-state index contributed by atoms with van der Waals surface area (Å²) in [4.78, 5) is 16.6. The van der Waals surface area contributed by atoms with Crippen molar-refractivity contribution in [3.05, 3.63) is 44.3 Å². The highest BCUT2D eigenvalue weighted by Crippen LogP contribution is 2.33. The molecule has 2 heterocycles. The second-order valence-electron chi connectivity index (χ2n) is 3.89. The molecule has 4 nitrogen and oxygen atoms in total. The zero-order valence-corrected chi connectivity index (χ0v) is 12.3. The predicted molar refractivity (Wildman–Crippen MR) is 78.1 cm³/mol. The van der Waals surface area contributed by atoms with Gasteiger partial charge in [0.1, 0.15) is 5.15 Å². The van der Waals surface area contributed by atoms with Crippen LogP contribution in [0.3, 0.4) is 0 Å². The van der Waals surface area contributed by atoms with Gasteiger partial charge in [-0.2, -0.15) is 0 Å². The normalized spacial score (nSPS) is 13.1. The number of hydrogen-bond donors (Lipinski definition) is 0. The Kier molecular flexibility index (Phi) is 3.65. The molecule has 7 heteroatoms. The van der Waals surface area contributed by atoms with E-state index in [9.17, 15) is 4.79 Å². The molecule has 1 aliphatic rings. The van der Waals surface area contributed by atoms with Crippen molar-refractivity contribution in [1.29, 1.82) is 0 Å². The molecular formula is C13H7Cl2NO3S. The lowest BCUT2D eigenvalue weighted by atomic mass is 10.1. The molecule has 0 radical (unpaired) electrons. The summed E-state index contributed by atoms with van der Waals surface area (Å²) < 4.78 is 10.8. The Morgan fingerprint density at radius 3 is 2.85 bits per heavy atom. The fraction of sp³-hybridized carbons (Fsp3) is 0.0769. The average Bonchev–Trinajstić information content (AvgIpc) is 3.01. The van der Waals surface area contributed by atoms with Crippen molar-refractivity contribution in [2.24, 2.45) is 0 Å².